The molecule has 0 bridgehead atoms. The van der Waals surface area contributed by atoms with E-state index < -0.39 is 0 Å². The maximum Gasteiger partial charge on any atom is 0.119 e. The molecule has 2 rings (SSSR count). The first-order chi connectivity index (χ1) is 8.60. The number of aromatic nitrogens is 2. The zero-order valence-corrected chi connectivity index (χ0v) is 11.3. The molecule has 1 atom stereocenters. The number of nitrogens with one attached hydrogen (secondary N) is 1. The van der Waals surface area contributed by atoms with Gasteiger partial charge in [0.05, 0.1) is 18.5 Å². The highest BCUT2D eigenvalue weighted by molar-refractivity contribution is 5.48. The van der Waals surface area contributed by atoms with E-state index in [-0.39, 0.29) is 6.04 Å². The number of aryl methyl sites for hydroxylation is 2. The van der Waals surface area contributed by atoms with Crippen LogP contribution in [0.3, 0.4) is 0 Å². The lowest BCUT2D eigenvalue weighted by atomic mass is 10.1. The summed E-state index contributed by atoms with van der Waals surface area (Å²) in [5.74, 6) is 0.879. The molecule has 18 heavy (non-hydrogen) atoms. The van der Waals surface area contributed by atoms with Crippen LogP contribution in [0.4, 0.5) is 5.69 Å². The molecule has 4 nitrogen and oxygen atoms in total. The molecule has 0 fully saturated rings. The quantitative estimate of drug-likeness (QED) is 0.900. The van der Waals surface area contributed by atoms with Crippen molar-refractivity contribution in [2.24, 2.45) is 7.05 Å². The van der Waals surface area contributed by atoms with Gasteiger partial charge in [-0.1, -0.05) is 12.1 Å². The second-order valence-electron chi connectivity index (χ2n) is 4.44. The van der Waals surface area contributed by atoms with Crippen molar-refractivity contribution in [3.05, 3.63) is 41.7 Å². The summed E-state index contributed by atoms with van der Waals surface area (Å²) in [5, 5.41) is 7.78. The van der Waals surface area contributed by atoms with E-state index in [0.29, 0.717) is 0 Å². The molecule has 2 aromatic rings. The van der Waals surface area contributed by atoms with E-state index in [9.17, 15) is 0 Å². The van der Waals surface area contributed by atoms with E-state index in [1.165, 1.54) is 5.56 Å². The van der Waals surface area contributed by atoms with Crippen molar-refractivity contribution in [2.75, 3.05) is 12.4 Å². The minimum atomic E-state index is 0.211. The van der Waals surface area contributed by atoms with E-state index in [2.05, 4.69) is 23.4 Å². The molecule has 0 aliphatic heterocycles. The Bertz CT molecular complexity index is 534. The first-order valence-corrected chi connectivity index (χ1v) is 6.01. The molecule has 0 aliphatic carbocycles. The monoisotopic (exact) mass is 245 g/mol. The Morgan fingerprint density at radius 1 is 1.39 bits per heavy atom. The number of methoxy groups -OCH3 is 1. The fourth-order valence-corrected chi connectivity index (χ4v) is 1.97. The second-order valence-corrected chi connectivity index (χ2v) is 4.44. The third kappa shape index (κ3) is 2.64. The smallest absolute Gasteiger partial charge is 0.119 e. The number of hydrogen-bond acceptors (Lipinski definition) is 3. The molecule has 0 saturated heterocycles. The van der Waals surface area contributed by atoms with Crippen LogP contribution in [0.5, 0.6) is 5.75 Å². The number of benzene rings is 1. The Morgan fingerprint density at radius 2 is 2.17 bits per heavy atom. The molecule has 1 aromatic heterocycles. The standard InChI is InChI=1S/C14H19N3O/c1-10(12-6-5-7-13(8-12)18-4)15-14-9-17(3)16-11(14)2/h5-10,15H,1-4H3. The van der Waals surface area contributed by atoms with Gasteiger partial charge in [0.1, 0.15) is 5.75 Å². The molecule has 96 valence electrons. The lowest BCUT2D eigenvalue weighted by Gasteiger charge is -2.15. The molecule has 0 amide bonds. The van der Waals surface area contributed by atoms with Gasteiger partial charge >= 0.3 is 0 Å². The van der Waals surface area contributed by atoms with Crippen LogP contribution in [-0.4, -0.2) is 16.9 Å². The summed E-state index contributed by atoms with van der Waals surface area (Å²) in [4.78, 5) is 0. The van der Waals surface area contributed by atoms with E-state index in [1.54, 1.807) is 7.11 Å². The lowest BCUT2D eigenvalue weighted by molar-refractivity contribution is 0.414. The maximum atomic E-state index is 5.24. The van der Waals surface area contributed by atoms with Crippen LogP contribution >= 0.6 is 0 Å². The average molecular weight is 245 g/mol. The molecule has 1 unspecified atom stereocenters. The number of anilines is 1. The van der Waals surface area contributed by atoms with Gasteiger partial charge in [-0.05, 0) is 31.5 Å². The summed E-state index contributed by atoms with van der Waals surface area (Å²) in [6.45, 7) is 4.13. The molecule has 1 heterocycles. The third-order valence-electron chi connectivity index (χ3n) is 2.98. The van der Waals surface area contributed by atoms with Crippen molar-refractivity contribution in [3.8, 4) is 5.75 Å². The highest BCUT2D eigenvalue weighted by Gasteiger charge is 2.09. The number of nitrogens with zero attached hydrogens (tertiary/aromatic N) is 2. The summed E-state index contributed by atoms with van der Waals surface area (Å²) in [6.07, 6.45) is 1.99. The summed E-state index contributed by atoms with van der Waals surface area (Å²) >= 11 is 0. The number of hydrogen-bond donors (Lipinski definition) is 1. The third-order valence-corrected chi connectivity index (χ3v) is 2.98. The minimum Gasteiger partial charge on any atom is -0.497 e. The van der Waals surface area contributed by atoms with E-state index in [0.717, 1.165) is 17.1 Å². The van der Waals surface area contributed by atoms with Crippen LogP contribution in [-0.2, 0) is 7.05 Å². The highest BCUT2D eigenvalue weighted by Crippen LogP contribution is 2.23. The van der Waals surface area contributed by atoms with Gasteiger partial charge in [0.2, 0.25) is 0 Å². The van der Waals surface area contributed by atoms with Crippen molar-refractivity contribution in [3.63, 3.8) is 0 Å². The maximum absolute atomic E-state index is 5.24. The molecule has 0 aliphatic rings. The van der Waals surface area contributed by atoms with Gasteiger partial charge in [-0.2, -0.15) is 5.10 Å². The fourth-order valence-electron chi connectivity index (χ4n) is 1.97. The topological polar surface area (TPSA) is 39.1 Å². The molecule has 1 N–H and O–H groups in total. The fraction of sp³-hybridized carbons (Fsp3) is 0.357. The largest absolute Gasteiger partial charge is 0.497 e. The zero-order valence-electron chi connectivity index (χ0n) is 11.3. The van der Waals surface area contributed by atoms with Gasteiger partial charge in [-0.3, -0.25) is 4.68 Å². The summed E-state index contributed by atoms with van der Waals surface area (Å²) in [6, 6.07) is 8.30. The number of rotatable bonds is 4. The van der Waals surface area contributed by atoms with Gasteiger partial charge in [0.15, 0.2) is 0 Å². The van der Waals surface area contributed by atoms with E-state index in [4.69, 9.17) is 4.74 Å². The predicted octanol–water partition coefficient (Wildman–Crippen LogP) is 2.91. The van der Waals surface area contributed by atoms with Gasteiger partial charge < -0.3 is 10.1 Å². The van der Waals surface area contributed by atoms with Gasteiger partial charge in [-0.15, -0.1) is 0 Å². The van der Waals surface area contributed by atoms with Crippen LogP contribution < -0.4 is 10.1 Å². The molecule has 0 saturated carbocycles. The van der Waals surface area contributed by atoms with Crippen molar-refractivity contribution in [2.45, 2.75) is 19.9 Å². The van der Waals surface area contributed by atoms with Crippen molar-refractivity contribution in [1.29, 1.82) is 0 Å². The summed E-state index contributed by atoms with van der Waals surface area (Å²) < 4.78 is 7.05. The van der Waals surface area contributed by atoms with Crippen molar-refractivity contribution >= 4 is 5.69 Å². The molecular weight excluding hydrogens is 226 g/mol. The molecule has 0 spiro atoms. The Kier molecular flexibility index (Phi) is 3.55. The normalized spacial score (nSPS) is 12.2. The van der Waals surface area contributed by atoms with Crippen LogP contribution in [0.1, 0.15) is 24.2 Å². The van der Waals surface area contributed by atoms with Crippen molar-refractivity contribution < 1.29 is 4.74 Å². The Balaban J connectivity index is 2.16. The van der Waals surface area contributed by atoms with E-state index in [1.807, 2.05) is 43.0 Å². The Labute approximate surface area is 108 Å². The highest BCUT2D eigenvalue weighted by atomic mass is 16.5. The summed E-state index contributed by atoms with van der Waals surface area (Å²) in [7, 11) is 3.61. The Morgan fingerprint density at radius 3 is 2.78 bits per heavy atom. The van der Waals surface area contributed by atoms with Crippen LogP contribution in [0, 0.1) is 6.92 Å². The predicted molar refractivity (Wildman–Crippen MR) is 73.0 cm³/mol. The molecule has 1 aromatic carbocycles. The number of ether oxygens (including phenoxy) is 1. The lowest BCUT2D eigenvalue weighted by Crippen LogP contribution is -2.07. The molecule has 4 heteroatoms. The first kappa shape index (κ1) is 12.5. The van der Waals surface area contributed by atoms with Crippen molar-refractivity contribution in [1.82, 2.24) is 9.78 Å². The van der Waals surface area contributed by atoms with Crippen LogP contribution in [0.2, 0.25) is 0 Å². The zero-order chi connectivity index (χ0) is 13.1. The van der Waals surface area contributed by atoms with Gasteiger partial charge in [-0.25, -0.2) is 0 Å². The average Bonchev–Trinajstić information content (AvgIpc) is 2.68. The first-order valence-electron chi connectivity index (χ1n) is 6.01. The molecule has 0 radical (unpaired) electrons. The van der Waals surface area contributed by atoms with Gasteiger partial charge in [0, 0.05) is 19.3 Å². The van der Waals surface area contributed by atoms with Gasteiger partial charge in [0.25, 0.3) is 0 Å². The summed E-state index contributed by atoms with van der Waals surface area (Å²) in [5.41, 5.74) is 3.26. The SMILES string of the molecule is COc1cccc(C(C)Nc2cn(C)nc2C)c1. The van der Waals surface area contributed by atoms with Crippen LogP contribution in [0.25, 0.3) is 0 Å². The second kappa shape index (κ2) is 5.12. The Hall–Kier alpha value is -1.97. The van der Waals surface area contributed by atoms with Crippen LogP contribution in [0.15, 0.2) is 30.5 Å². The molecular formula is C14H19N3O. The van der Waals surface area contributed by atoms with E-state index >= 15 is 0 Å². The minimum absolute atomic E-state index is 0.211.